The molecule has 0 fully saturated rings. The molecule has 1 aliphatic carbocycles. The summed E-state index contributed by atoms with van der Waals surface area (Å²) in [7, 11) is 0. The van der Waals surface area contributed by atoms with Crippen LogP contribution in [0, 0.1) is 11.3 Å². The molecule has 0 saturated heterocycles. The molecule has 22 heavy (non-hydrogen) atoms. The Hall–Kier alpha value is -2.32. The Kier molecular flexibility index (Phi) is 4.40. The highest BCUT2D eigenvalue weighted by Gasteiger charge is 2.26. The number of aryl methyl sites for hydroxylation is 1. The topological polar surface area (TPSA) is 76.9 Å². The van der Waals surface area contributed by atoms with Crippen LogP contribution in [-0.4, -0.2) is 9.78 Å². The second-order valence-electron chi connectivity index (χ2n) is 5.54. The average Bonchev–Trinajstić information content (AvgIpc) is 2.91. The standard InChI is InChI=1S/C17H20N4O/c18-10-5-11-21-16-9-4-8-14(19)17(16)15(20-21)12-22-13-6-2-1-3-7-13/h1-3,6-7,14H,4-5,8-9,11-12,19H2. The van der Waals surface area contributed by atoms with E-state index in [4.69, 9.17) is 15.7 Å². The van der Waals surface area contributed by atoms with Crippen LogP contribution in [0.4, 0.5) is 0 Å². The molecular formula is C17H20N4O. The molecule has 1 unspecified atom stereocenters. The summed E-state index contributed by atoms with van der Waals surface area (Å²) in [5, 5.41) is 13.5. The molecule has 0 amide bonds. The molecule has 1 aliphatic rings. The van der Waals surface area contributed by atoms with E-state index in [1.54, 1.807) is 0 Å². The Balaban J connectivity index is 1.83. The molecule has 1 atom stereocenters. The lowest BCUT2D eigenvalue weighted by molar-refractivity contribution is 0.297. The fourth-order valence-corrected chi connectivity index (χ4v) is 3.01. The van der Waals surface area contributed by atoms with Crippen molar-refractivity contribution in [2.24, 2.45) is 5.73 Å². The monoisotopic (exact) mass is 296 g/mol. The summed E-state index contributed by atoms with van der Waals surface area (Å²) in [5.41, 5.74) is 9.50. The predicted octanol–water partition coefficient (Wildman–Crippen LogP) is 2.71. The molecule has 114 valence electrons. The van der Waals surface area contributed by atoms with Crippen molar-refractivity contribution in [3.8, 4) is 11.8 Å². The summed E-state index contributed by atoms with van der Waals surface area (Å²) in [6, 6.07) is 11.9. The van der Waals surface area contributed by atoms with Crippen LogP contribution < -0.4 is 10.5 Å². The minimum Gasteiger partial charge on any atom is -0.487 e. The molecule has 1 aromatic carbocycles. The third-order valence-electron chi connectivity index (χ3n) is 4.03. The van der Waals surface area contributed by atoms with Gasteiger partial charge in [-0.15, -0.1) is 0 Å². The lowest BCUT2D eigenvalue weighted by Gasteiger charge is -2.20. The van der Waals surface area contributed by atoms with Gasteiger partial charge in [0.2, 0.25) is 0 Å². The second kappa shape index (κ2) is 6.63. The van der Waals surface area contributed by atoms with E-state index < -0.39 is 0 Å². The number of hydrogen-bond donors (Lipinski definition) is 1. The van der Waals surface area contributed by atoms with Gasteiger partial charge in [-0.2, -0.15) is 10.4 Å². The molecule has 0 radical (unpaired) electrons. The van der Waals surface area contributed by atoms with Crippen LogP contribution in [0.5, 0.6) is 5.75 Å². The SMILES string of the molecule is N#CCCn1nc(COc2ccccc2)c2c1CCCC2N. The maximum atomic E-state index is 8.80. The van der Waals surface area contributed by atoms with E-state index in [2.05, 4.69) is 11.2 Å². The van der Waals surface area contributed by atoms with Crippen LogP contribution in [0.25, 0.3) is 0 Å². The van der Waals surface area contributed by atoms with Gasteiger partial charge in [0.05, 0.1) is 19.0 Å². The van der Waals surface area contributed by atoms with E-state index in [9.17, 15) is 0 Å². The van der Waals surface area contributed by atoms with E-state index in [1.807, 2.05) is 35.0 Å². The van der Waals surface area contributed by atoms with Gasteiger partial charge in [-0.1, -0.05) is 18.2 Å². The smallest absolute Gasteiger partial charge is 0.132 e. The second-order valence-corrected chi connectivity index (χ2v) is 5.54. The first-order valence-electron chi connectivity index (χ1n) is 7.68. The summed E-state index contributed by atoms with van der Waals surface area (Å²) in [5.74, 6) is 0.826. The van der Waals surface area contributed by atoms with Crippen LogP contribution >= 0.6 is 0 Å². The predicted molar refractivity (Wildman–Crippen MR) is 83.1 cm³/mol. The van der Waals surface area contributed by atoms with Gasteiger partial charge in [0, 0.05) is 17.3 Å². The minimum absolute atomic E-state index is 0.0222. The van der Waals surface area contributed by atoms with Crippen LogP contribution in [0.2, 0.25) is 0 Å². The molecule has 2 N–H and O–H groups in total. The largest absolute Gasteiger partial charge is 0.487 e. The van der Waals surface area contributed by atoms with Crippen molar-refractivity contribution in [3.05, 3.63) is 47.3 Å². The summed E-state index contributed by atoms with van der Waals surface area (Å²) < 4.78 is 7.77. The maximum Gasteiger partial charge on any atom is 0.132 e. The van der Waals surface area contributed by atoms with E-state index in [0.717, 1.165) is 36.3 Å². The van der Waals surface area contributed by atoms with E-state index in [-0.39, 0.29) is 6.04 Å². The van der Waals surface area contributed by atoms with E-state index in [1.165, 1.54) is 5.69 Å². The number of nitrogens with two attached hydrogens (primary N) is 1. The van der Waals surface area contributed by atoms with Gasteiger partial charge < -0.3 is 10.5 Å². The van der Waals surface area contributed by atoms with Gasteiger partial charge in [-0.25, -0.2) is 0 Å². The first-order chi connectivity index (χ1) is 10.8. The zero-order valence-electron chi connectivity index (χ0n) is 12.5. The molecule has 1 heterocycles. The van der Waals surface area contributed by atoms with Crippen molar-refractivity contribution in [2.45, 2.75) is 44.9 Å². The summed E-state index contributed by atoms with van der Waals surface area (Å²) in [6.45, 7) is 1.04. The lowest BCUT2D eigenvalue weighted by Crippen LogP contribution is -2.19. The number of fused-ring (bicyclic) bond motifs is 1. The van der Waals surface area contributed by atoms with Crippen molar-refractivity contribution < 1.29 is 4.74 Å². The third-order valence-corrected chi connectivity index (χ3v) is 4.03. The first kappa shape index (κ1) is 14.6. The quantitative estimate of drug-likeness (QED) is 0.920. The highest BCUT2D eigenvalue weighted by Crippen LogP contribution is 2.31. The summed E-state index contributed by atoms with van der Waals surface area (Å²) >= 11 is 0. The molecule has 0 bridgehead atoms. The third kappa shape index (κ3) is 2.97. The van der Waals surface area contributed by atoms with Gasteiger partial charge in [0.25, 0.3) is 0 Å². The number of ether oxygens (including phenoxy) is 1. The van der Waals surface area contributed by atoms with Crippen LogP contribution in [0.1, 0.15) is 42.3 Å². The molecule has 1 aromatic heterocycles. The molecular weight excluding hydrogens is 276 g/mol. The highest BCUT2D eigenvalue weighted by atomic mass is 16.5. The van der Waals surface area contributed by atoms with Gasteiger partial charge >= 0.3 is 0 Å². The number of rotatable bonds is 5. The summed E-state index contributed by atoms with van der Waals surface area (Å²) in [6.07, 6.45) is 3.50. The highest BCUT2D eigenvalue weighted by molar-refractivity contribution is 5.32. The van der Waals surface area contributed by atoms with Crippen molar-refractivity contribution in [1.82, 2.24) is 9.78 Å². The van der Waals surface area contributed by atoms with Gasteiger partial charge in [0.15, 0.2) is 0 Å². The molecule has 0 spiro atoms. The Bertz CT molecular complexity index is 672. The Morgan fingerprint density at radius 1 is 1.36 bits per heavy atom. The lowest BCUT2D eigenvalue weighted by atomic mass is 9.91. The summed E-state index contributed by atoms with van der Waals surface area (Å²) in [4.78, 5) is 0. The average molecular weight is 296 g/mol. The minimum atomic E-state index is 0.0222. The number of benzene rings is 1. The van der Waals surface area contributed by atoms with Crippen LogP contribution in [0.3, 0.4) is 0 Å². The zero-order chi connectivity index (χ0) is 15.4. The van der Waals surface area contributed by atoms with Gasteiger partial charge in [-0.05, 0) is 31.4 Å². The first-order valence-corrected chi connectivity index (χ1v) is 7.68. The van der Waals surface area contributed by atoms with E-state index >= 15 is 0 Å². The van der Waals surface area contributed by atoms with Gasteiger partial charge in [0.1, 0.15) is 18.1 Å². The fourth-order valence-electron chi connectivity index (χ4n) is 3.01. The van der Waals surface area contributed by atoms with Crippen LogP contribution in [-0.2, 0) is 19.6 Å². The molecule has 2 aromatic rings. The molecule has 5 heteroatoms. The number of nitriles is 1. The van der Waals surface area contributed by atoms with E-state index in [0.29, 0.717) is 19.6 Å². The maximum absolute atomic E-state index is 8.80. The Morgan fingerprint density at radius 2 is 2.18 bits per heavy atom. The molecule has 0 saturated carbocycles. The number of nitrogens with zero attached hydrogens (tertiary/aromatic N) is 3. The fraction of sp³-hybridized carbons (Fsp3) is 0.412. The van der Waals surface area contributed by atoms with Crippen molar-refractivity contribution in [1.29, 1.82) is 5.26 Å². The van der Waals surface area contributed by atoms with Crippen molar-refractivity contribution >= 4 is 0 Å². The Labute approximate surface area is 130 Å². The zero-order valence-corrected chi connectivity index (χ0v) is 12.5. The van der Waals surface area contributed by atoms with Crippen molar-refractivity contribution in [2.75, 3.05) is 0 Å². The number of aromatic nitrogens is 2. The normalized spacial score (nSPS) is 16.8. The number of hydrogen-bond acceptors (Lipinski definition) is 4. The Morgan fingerprint density at radius 3 is 2.95 bits per heavy atom. The molecule has 3 rings (SSSR count). The van der Waals surface area contributed by atoms with Crippen LogP contribution in [0.15, 0.2) is 30.3 Å². The number of para-hydroxylation sites is 1. The van der Waals surface area contributed by atoms with Crippen molar-refractivity contribution in [3.63, 3.8) is 0 Å². The molecule has 5 nitrogen and oxygen atoms in total. The van der Waals surface area contributed by atoms with Gasteiger partial charge in [-0.3, -0.25) is 4.68 Å². The molecule has 0 aliphatic heterocycles.